The van der Waals surface area contributed by atoms with E-state index in [-0.39, 0.29) is 18.6 Å². The largest absolute Gasteiger partial charge is 0.326 e. The molecule has 3 amide bonds. The van der Waals surface area contributed by atoms with E-state index in [0.717, 1.165) is 25.7 Å². The molecule has 0 bridgehead atoms. The molecule has 0 unspecified atom stereocenters. The van der Waals surface area contributed by atoms with Crippen molar-refractivity contribution in [2.45, 2.75) is 56.9 Å². The summed E-state index contributed by atoms with van der Waals surface area (Å²) in [6, 6.07) is 3.77. The van der Waals surface area contributed by atoms with E-state index in [2.05, 4.69) is 17.5 Å². The lowest BCUT2D eigenvalue weighted by atomic mass is 9.90. The van der Waals surface area contributed by atoms with Crippen LogP contribution in [0.3, 0.4) is 0 Å². The van der Waals surface area contributed by atoms with Crippen LogP contribution in [0, 0.1) is 22.7 Å². The standard InChI is InChI=1S/C16H23N5O2/c17-9-5-11-20(12-6-10-18)13-21-14(22)16(19-15(21)23)7-3-1-2-4-8-16/h1-8,11-13H2,(H,19,23). The second-order valence-corrected chi connectivity index (χ2v) is 6.24. The molecule has 0 aromatic carbocycles. The number of imide groups is 1. The van der Waals surface area contributed by atoms with Gasteiger partial charge in [0.25, 0.3) is 5.91 Å². The highest BCUT2D eigenvalue weighted by Crippen LogP contribution is 2.32. The number of hydrogen-bond donors (Lipinski definition) is 1. The molecule has 7 nitrogen and oxygen atoms in total. The Morgan fingerprint density at radius 3 is 2.13 bits per heavy atom. The molecular weight excluding hydrogens is 294 g/mol. The summed E-state index contributed by atoms with van der Waals surface area (Å²) in [7, 11) is 0. The Bertz CT molecular complexity index is 508. The number of urea groups is 1. The number of carbonyl (C=O) groups is 2. The Hall–Kier alpha value is -2.12. The summed E-state index contributed by atoms with van der Waals surface area (Å²) < 4.78 is 0. The maximum absolute atomic E-state index is 12.8. The smallest absolute Gasteiger partial charge is 0.323 e. The van der Waals surface area contributed by atoms with Crippen LogP contribution < -0.4 is 5.32 Å². The van der Waals surface area contributed by atoms with Gasteiger partial charge in [-0.05, 0) is 12.8 Å². The zero-order valence-electron chi connectivity index (χ0n) is 13.4. The number of nitriles is 2. The first-order valence-corrected chi connectivity index (χ1v) is 8.23. The van der Waals surface area contributed by atoms with Crippen molar-refractivity contribution in [3.63, 3.8) is 0 Å². The van der Waals surface area contributed by atoms with E-state index in [1.54, 1.807) is 0 Å². The molecule has 1 aliphatic carbocycles. The van der Waals surface area contributed by atoms with Gasteiger partial charge in [-0.25, -0.2) is 9.69 Å². The van der Waals surface area contributed by atoms with Crippen molar-refractivity contribution in [3.8, 4) is 12.1 Å². The second kappa shape index (κ2) is 7.94. The van der Waals surface area contributed by atoms with Gasteiger partial charge >= 0.3 is 6.03 Å². The third kappa shape index (κ3) is 4.00. The molecule has 124 valence electrons. The average molecular weight is 317 g/mol. The minimum Gasteiger partial charge on any atom is -0.323 e. The molecule has 1 N–H and O–H groups in total. The van der Waals surface area contributed by atoms with Crippen molar-refractivity contribution in [2.75, 3.05) is 19.8 Å². The van der Waals surface area contributed by atoms with E-state index in [0.29, 0.717) is 38.8 Å². The van der Waals surface area contributed by atoms with E-state index < -0.39 is 5.54 Å². The third-order valence-corrected chi connectivity index (χ3v) is 4.62. The lowest BCUT2D eigenvalue weighted by molar-refractivity contribution is -0.133. The fourth-order valence-corrected chi connectivity index (χ4v) is 3.35. The average Bonchev–Trinajstić information content (AvgIpc) is 2.73. The number of carbonyl (C=O) groups excluding carboxylic acids is 2. The monoisotopic (exact) mass is 317 g/mol. The van der Waals surface area contributed by atoms with Crippen LogP contribution in [0.5, 0.6) is 0 Å². The Kier molecular flexibility index (Phi) is 5.95. The van der Waals surface area contributed by atoms with Gasteiger partial charge in [-0.1, -0.05) is 25.7 Å². The first-order valence-electron chi connectivity index (χ1n) is 8.23. The Morgan fingerprint density at radius 2 is 1.61 bits per heavy atom. The van der Waals surface area contributed by atoms with Gasteiger partial charge in [0, 0.05) is 25.9 Å². The molecule has 2 fully saturated rings. The summed E-state index contributed by atoms with van der Waals surface area (Å²) in [6.07, 6.45) is 6.11. The Labute approximate surface area is 136 Å². The molecule has 1 heterocycles. The van der Waals surface area contributed by atoms with E-state index in [4.69, 9.17) is 10.5 Å². The summed E-state index contributed by atoms with van der Waals surface area (Å²) in [5, 5.41) is 20.4. The number of rotatable bonds is 6. The highest BCUT2D eigenvalue weighted by atomic mass is 16.2. The van der Waals surface area contributed by atoms with Crippen LogP contribution in [0.4, 0.5) is 4.79 Å². The molecule has 7 heteroatoms. The summed E-state index contributed by atoms with van der Waals surface area (Å²) in [5.74, 6) is -0.150. The summed E-state index contributed by atoms with van der Waals surface area (Å²) in [4.78, 5) is 28.2. The quantitative estimate of drug-likeness (QED) is 0.752. The molecule has 1 saturated carbocycles. The summed E-state index contributed by atoms with van der Waals surface area (Å²) in [5.41, 5.74) is -0.732. The van der Waals surface area contributed by atoms with Crippen LogP contribution >= 0.6 is 0 Å². The highest BCUT2D eigenvalue weighted by Gasteiger charge is 2.50. The SMILES string of the molecule is N#CCCN(CCC#N)CN1C(=O)NC2(CCCCCC2)C1=O. The van der Waals surface area contributed by atoms with Crippen LogP contribution in [-0.4, -0.2) is 47.0 Å². The fourth-order valence-electron chi connectivity index (χ4n) is 3.35. The molecule has 1 spiro atoms. The van der Waals surface area contributed by atoms with Crippen molar-refractivity contribution in [1.29, 1.82) is 10.5 Å². The molecule has 23 heavy (non-hydrogen) atoms. The van der Waals surface area contributed by atoms with Crippen LogP contribution in [0.2, 0.25) is 0 Å². The van der Waals surface area contributed by atoms with Gasteiger partial charge in [-0.2, -0.15) is 10.5 Å². The van der Waals surface area contributed by atoms with Crippen molar-refractivity contribution >= 4 is 11.9 Å². The highest BCUT2D eigenvalue weighted by molar-refractivity contribution is 6.07. The maximum Gasteiger partial charge on any atom is 0.326 e. The second-order valence-electron chi connectivity index (χ2n) is 6.24. The van der Waals surface area contributed by atoms with Gasteiger partial charge in [0.15, 0.2) is 0 Å². The lowest BCUT2D eigenvalue weighted by Gasteiger charge is -2.27. The molecule has 2 rings (SSSR count). The topological polar surface area (TPSA) is 100 Å². The fraction of sp³-hybridized carbons (Fsp3) is 0.750. The van der Waals surface area contributed by atoms with Crippen molar-refractivity contribution in [3.05, 3.63) is 0 Å². The first-order chi connectivity index (χ1) is 11.1. The Morgan fingerprint density at radius 1 is 1.04 bits per heavy atom. The number of nitrogens with one attached hydrogen (secondary N) is 1. The van der Waals surface area contributed by atoms with Crippen molar-refractivity contribution in [1.82, 2.24) is 15.1 Å². The predicted molar refractivity (Wildman–Crippen MR) is 82.7 cm³/mol. The van der Waals surface area contributed by atoms with Crippen molar-refractivity contribution < 1.29 is 9.59 Å². The van der Waals surface area contributed by atoms with Gasteiger partial charge in [-0.3, -0.25) is 9.69 Å². The normalized spacial score (nSPS) is 20.2. The lowest BCUT2D eigenvalue weighted by Crippen LogP contribution is -2.47. The van der Waals surface area contributed by atoms with Crippen LogP contribution in [0.1, 0.15) is 51.4 Å². The van der Waals surface area contributed by atoms with Gasteiger partial charge in [0.2, 0.25) is 0 Å². The van der Waals surface area contributed by atoms with Gasteiger partial charge in [0.05, 0.1) is 18.8 Å². The molecule has 0 radical (unpaired) electrons. The Balaban J connectivity index is 2.05. The minimum absolute atomic E-state index is 0.149. The molecule has 1 aliphatic heterocycles. The predicted octanol–water partition coefficient (Wildman–Crippen LogP) is 1.72. The summed E-state index contributed by atoms with van der Waals surface area (Å²) in [6.45, 7) is 1.04. The van der Waals surface area contributed by atoms with Crippen LogP contribution in [0.25, 0.3) is 0 Å². The molecule has 0 aromatic heterocycles. The zero-order chi connectivity index (χ0) is 16.7. The van der Waals surface area contributed by atoms with E-state index in [1.807, 2.05) is 4.90 Å². The summed E-state index contributed by atoms with van der Waals surface area (Å²) >= 11 is 0. The van der Waals surface area contributed by atoms with E-state index in [1.165, 1.54) is 4.90 Å². The first kappa shape index (κ1) is 17.2. The molecular formula is C16H23N5O2. The third-order valence-electron chi connectivity index (χ3n) is 4.62. The van der Waals surface area contributed by atoms with E-state index >= 15 is 0 Å². The van der Waals surface area contributed by atoms with Gasteiger partial charge < -0.3 is 5.32 Å². The maximum atomic E-state index is 12.8. The van der Waals surface area contributed by atoms with Crippen molar-refractivity contribution in [2.24, 2.45) is 0 Å². The molecule has 2 aliphatic rings. The number of amides is 3. The zero-order valence-corrected chi connectivity index (χ0v) is 13.4. The minimum atomic E-state index is -0.732. The van der Waals surface area contributed by atoms with Crippen LogP contribution in [-0.2, 0) is 4.79 Å². The molecule has 0 atom stereocenters. The number of nitrogens with zero attached hydrogens (tertiary/aromatic N) is 4. The number of hydrogen-bond acceptors (Lipinski definition) is 5. The van der Waals surface area contributed by atoms with Crippen LogP contribution in [0.15, 0.2) is 0 Å². The molecule has 1 saturated heterocycles. The van der Waals surface area contributed by atoms with Gasteiger partial charge in [0.1, 0.15) is 5.54 Å². The van der Waals surface area contributed by atoms with E-state index in [9.17, 15) is 9.59 Å². The molecule has 0 aromatic rings. The van der Waals surface area contributed by atoms with Gasteiger partial charge in [-0.15, -0.1) is 0 Å².